The molecule has 0 radical (unpaired) electrons. The van der Waals surface area contributed by atoms with Gasteiger partial charge in [0.2, 0.25) is 0 Å². The molecule has 112 valence electrons. The zero-order chi connectivity index (χ0) is 14.8. The van der Waals surface area contributed by atoms with Crippen molar-refractivity contribution in [3.8, 4) is 0 Å². The van der Waals surface area contributed by atoms with Crippen LogP contribution in [0.4, 0.5) is 13.2 Å². The van der Waals surface area contributed by atoms with Crippen molar-refractivity contribution in [1.82, 2.24) is 0 Å². The number of halogens is 3. The minimum absolute atomic E-state index is 0.171. The molecule has 3 unspecified atom stereocenters. The highest BCUT2D eigenvalue weighted by Crippen LogP contribution is 2.33. The summed E-state index contributed by atoms with van der Waals surface area (Å²) in [7, 11) is 0. The number of fused-ring (bicyclic) bond motifs is 1. The molecule has 3 nitrogen and oxygen atoms in total. The molecule has 2 rings (SSSR count). The molecule has 0 aliphatic heterocycles. The summed E-state index contributed by atoms with van der Waals surface area (Å²) in [5, 5.41) is 0. The van der Waals surface area contributed by atoms with E-state index in [-0.39, 0.29) is 12.5 Å². The largest absolute Gasteiger partial charge is 0.497 e. The number of hydrogen-bond donors (Lipinski definition) is 0. The third kappa shape index (κ3) is 3.59. The van der Waals surface area contributed by atoms with Crippen LogP contribution in [0.5, 0.6) is 0 Å². The molecule has 0 bridgehead atoms. The smallest absolute Gasteiger partial charge is 0.374 e. The molecular formula is C13H15F3O3S. The van der Waals surface area contributed by atoms with E-state index >= 15 is 0 Å². The van der Waals surface area contributed by atoms with Gasteiger partial charge >= 0.3 is 5.51 Å². The summed E-state index contributed by atoms with van der Waals surface area (Å²) in [4.78, 5) is 0. The summed E-state index contributed by atoms with van der Waals surface area (Å²) in [5.74, 6) is 0. The van der Waals surface area contributed by atoms with E-state index in [1.807, 2.05) is 19.1 Å². The van der Waals surface area contributed by atoms with Gasteiger partial charge in [0.05, 0.1) is 6.10 Å². The van der Waals surface area contributed by atoms with Crippen molar-refractivity contribution in [2.75, 3.05) is 6.61 Å². The molecule has 0 aromatic heterocycles. The van der Waals surface area contributed by atoms with Crippen LogP contribution in [0.15, 0.2) is 35.5 Å². The minimum Gasteiger partial charge on any atom is -0.374 e. The third-order valence-electron chi connectivity index (χ3n) is 3.04. The molecule has 0 saturated heterocycles. The van der Waals surface area contributed by atoms with Gasteiger partial charge in [0.1, 0.15) is 6.10 Å². The Morgan fingerprint density at radius 2 is 2.15 bits per heavy atom. The second-order valence-electron chi connectivity index (χ2n) is 4.41. The lowest BCUT2D eigenvalue weighted by Crippen LogP contribution is -2.29. The molecule has 20 heavy (non-hydrogen) atoms. The highest BCUT2D eigenvalue weighted by Gasteiger charge is 2.41. The van der Waals surface area contributed by atoms with Gasteiger partial charge in [0.15, 0.2) is 0 Å². The summed E-state index contributed by atoms with van der Waals surface area (Å²) in [5.41, 5.74) is -3.43. The van der Waals surface area contributed by atoms with Crippen molar-refractivity contribution in [2.24, 2.45) is 0 Å². The standard InChI is InChI=1S/C13H15F3O3S/c1-2-18-10-7-6-9-4-3-5-12(11(9)8-10)19-20(17)13(14,15)16/h3-4,6,8,10,12H,2,5,7H2,1H3. The Hall–Kier alpha value is -0.920. The molecule has 7 heteroatoms. The van der Waals surface area contributed by atoms with Crippen LogP contribution >= 0.6 is 0 Å². The maximum atomic E-state index is 12.3. The first-order chi connectivity index (χ1) is 9.41. The Balaban J connectivity index is 2.15. The molecule has 0 aromatic rings. The third-order valence-corrected chi connectivity index (χ3v) is 3.82. The van der Waals surface area contributed by atoms with Crippen LogP contribution < -0.4 is 0 Å². The highest BCUT2D eigenvalue weighted by atomic mass is 32.2. The first-order valence-corrected chi connectivity index (χ1v) is 7.35. The van der Waals surface area contributed by atoms with Gasteiger partial charge < -0.3 is 4.74 Å². The minimum atomic E-state index is -4.86. The van der Waals surface area contributed by atoms with E-state index in [9.17, 15) is 17.4 Å². The zero-order valence-electron chi connectivity index (χ0n) is 10.9. The first-order valence-electron chi connectivity index (χ1n) is 6.28. The topological polar surface area (TPSA) is 35.5 Å². The predicted molar refractivity (Wildman–Crippen MR) is 69.0 cm³/mol. The monoisotopic (exact) mass is 308 g/mol. The van der Waals surface area contributed by atoms with E-state index in [0.717, 1.165) is 5.57 Å². The number of alkyl halides is 3. The second kappa shape index (κ2) is 6.24. The van der Waals surface area contributed by atoms with Gasteiger partial charge in [-0.15, -0.1) is 0 Å². The lowest BCUT2D eigenvalue weighted by molar-refractivity contribution is -0.0489. The highest BCUT2D eigenvalue weighted by molar-refractivity contribution is 7.81. The van der Waals surface area contributed by atoms with E-state index in [1.54, 1.807) is 12.2 Å². The summed E-state index contributed by atoms with van der Waals surface area (Å²) in [6.07, 6.45) is 7.15. The van der Waals surface area contributed by atoms with Crippen LogP contribution in [0.3, 0.4) is 0 Å². The van der Waals surface area contributed by atoms with E-state index in [1.165, 1.54) is 0 Å². The summed E-state index contributed by atoms with van der Waals surface area (Å²) in [6, 6.07) is 0. The van der Waals surface area contributed by atoms with Gasteiger partial charge in [-0.2, -0.15) is 13.2 Å². The van der Waals surface area contributed by atoms with E-state index in [4.69, 9.17) is 4.74 Å². The van der Waals surface area contributed by atoms with Crippen molar-refractivity contribution in [2.45, 2.75) is 37.5 Å². The van der Waals surface area contributed by atoms with Crippen molar-refractivity contribution in [1.29, 1.82) is 0 Å². The molecule has 0 amide bonds. The summed E-state index contributed by atoms with van der Waals surface area (Å²) < 4.78 is 58.2. The Bertz CT molecular complexity index is 480. The maximum Gasteiger partial charge on any atom is 0.497 e. The van der Waals surface area contributed by atoms with E-state index in [0.29, 0.717) is 18.6 Å². The fraction of sp³-hybridized carbons (Fsp3) is 0.538. The molecule has 3 atom stereocenters. The zero-order valence-corrected chi connectivity index (χ0v) is 11.7. The lowest BCUT2D eigenvalue weighted by Gasteiger charge is -2.28. The van der Waals surface area contributed by atoms with Crippen LogP contribution in [0.2, 0.25) is 0 Å². The van der Waals surface area contributed by atoms with Gasteiger partial charge in [-0.05, 0) is 37.0 Å². The van der Waals surface area contributed by atoms with Crippen LogP contribution in [0, 0.1) is 0 Å². The first kappa shape index (κ1) is 15.5. The SMILES string of the molecule is CCOC1C=C2C(=CC1)C=CCC2OS(=O)C(F)(F)F. The quantitative estimate of drug-likeness (QED) is 0.800. The fourth-order valence-electron chi connectivity index (χ4n) is 2.21. The molecular weight excluding hydrogens is 293 g/mol. The summed E-state index contributed by atoms with van der Waals surface area (Å²) in [6.45, 7) is 2.37. The molecule has 0 fully saturated rings. The van der Waals surface area contributed by atoms with Crippen molar-refractivity contribution in [3.63, 3.8) is 0 Å². The summed E-state index contributed by atoms with van der Waals surface area (Å²) >= 11 is -3.31. The van der Waals surface area contributed by atoms with Crippen LogP contribution in [-0.4, -0.2) is 28.5 Å². The Morgan fingerprint density at radius 3 is 2.80 bits per heavy atom. The number of hydrogen-bond acceptors (Lipinski definition) is 3. The Morgan fingerprint density at radius 1 is 1.40 bits per heavy atom. The molecule has 0 N–H and O–H groups in total. The van der Waals surface area contributed by atoms with E-state index < -0.39 is 22.7 Å². The molecule has 0 aromatic carbocycles. The normalized spacial score (nSPS) is 27.6. The number of ether oxygens (including phenoxy) is 1. The number of allylic oxidation sites excluding steroid dienone is 1. The molecule has 0 heterocycles. The van der Waals surface area contributed by atoms with Crippen LogP contribution in [0.25, 0.3) is 0 Å². The average molecular weight is 308 g/mol. The fourth-order valence-corrected chi connectivity index (χ4v) is 2.71. The Kier molecular flexibility index (Phi) is 4.82. The van der Waals surface area contributed by atoms with Crippen molar-refractivity contribution < 1.29 is 26.3 Å². The van der Waals surface area contributed by atoms with Crippen molar-refractivity contribution in [3.05, 3.63) is 35.5 Å². The van der Waals surface area contributed by atoms with Gasteiger partial charge in [0.25, 0.3) is 11.1 Å². The predicted octanol–water partition coefficient (Wildman–Crippen LogP) is 3.18. The average Bonchev–Trinajstić information content (AvgIpc) is 2.38. The van der Waals surface area contributed by atoms with Crippen LogP contribution in [-0.2, 0) is 20.0 Å². The van der Waals surface area contributed by atoms with Gasteiger partial charge in [-0.1, -0.05) is 18.2 Å². The van der Waals surface area contributed by atoms with Crippen LogP contribution in [0.1, 0.15) is 19.8 Å². The van der Waals surface area contributed by atoms with Crippen molar-refractivity contribution >= 4 is 11.1 Å². The molecule has 2 aliphatic carbocycles. The molecule has 2 aliphatic rings. The van der Waals surface area contributed by atoms with E-state index in [2.05, 4.69) is 4.18 Å². The Labute approximate surface area is 117 Å². The van der Waals surface area contributed by atoms with Gasteiger partial charge in [-0.3, -0.25) is 4.18 Å². The lowest BCUT2D eigenvalue weighted by atomic mass is 9.87. The number of rotatable bonds is 4. The molecule has 0 saturated carbocycles. The van der Waals surface area contributed by atoms with Gasteiger partial charge in [0, 0.05) is 6.61 Å². The second-order valence-corrected chi connectivity index (χ2v) is 5.54. The molecule has 0 spiro atoms. The maximum absolute atomic E-state index is 12.3. The van der Waals surface area contributed by atoms with Gasteiger partial charge in [-0.25, -0.2) is 4.21 Å².